The average molecular weight is 415 g/mol. The smallest absolute Gasteiger partial charge is 0.273 e. The van der Waals surface area contributed by atoms with E-state index in [2.05, 4.69) is 41.1 Å². The van der Waals surface area contributed by atoms with Crippen LogP contribution in [0.2, 0.25) is 0 Å². The molecule has 0 spiro atoms. The number of hydrogen-bond donors (Lipinski definition) is 3. The van der Waals surface area contributed by atoms with Crippen molar-refractivity contribution in [1.29, 1.82) is 0 Å². The van der Waals surface area contributed by atoms with Crippen LogP contribution in [0.5, 0.6) is 0 Å². The molecule has 0 aliphatic carbocycles. The van der Waals surface area contributed by atoms with Crippen LogP contribution in [0.4, 0.5) is 17.5 Å². The zero-order valence-corrected chi connectivity index (χ0v) is 16.9. The van der Waals surface area contributed by atoms with Gasteiger partial charge in [0.1, 0.15) is 23.3 Å². The maximum Gasteiger partial charge on any atom is 0.273 e. The first kappa shape index (κ1) is 20.0. The van der Waals surface area contributed by atoms with Gasteiger partial charge in [0.05, 0.1) is 11.9 Å². The van der Waals surface area contributed by atoms with Gasteiger partial charge in [-0.05, 0) is 31.2 Å². The molecule has 0 fully saturated rings. The molecule has 1 amide bonds. The first-order valence-electron chi connectivity index (χ1n) is 9.71. The van der Waals surface area contributed by atoms with E-state index < -0.39 is 0 Å². The Balaban J connectivity index is 1.29. The quantitative estimate of drug-likeness (QED) is 0.375. The molecule has 156 valence electrons. The van der Waals surface area contributed by atoms with Crippen molar-refractivity contribution in [3.8, 4) is 5.69 Å². The summed E-state index contributed by atoms with van der Waals surface area (Å²) in [6.07, 6.45) is 3.15. The molecule has 0 aliphatic rings. The summed E-state index contributed by atoms with van der Waals surface area (Å²) in [4.78, 5) is 26.7. The summed E-state index contributed by atoms with van der Waals surface area (Å²) in [5.74, 6) is 2.30. The van der Waals surface area contributed by atoms with Gasteiger partial charge < -0.3 is 16.0 Å². The van der Waals surface area contributed by atoms with Crippen LogP contribution in [0.25, 0.3) is 5.69 Å². The molecule has 3 heterocycles. The zero-order chi connectivity index (χ0) is 21.5. The van der Waals surface area contributed by atoms with E-state index in [4.69, 9.17) is 0 Å². The van der Waals surface area contributed by atoms with Crippen molar-refractivity contribution >= 4 is 23.4 Å². The van der Waals surface area contributed by atoms with Crippen LogP contribution in [0.1, 0.15) is 16.3 Å². The number of para-hydroxylation sites is 1. The number of nitrogens with one attached hydrogen (secondary N) is 3. The molecule has 0 saturated heterocycles. The molecule has 0 aliphatic heterocycles. The molecule has 3 aromatic heterocycles. The van der Waals surface area contributed by atoms with E-state index in [9.17, 15) is 4.79 Å². The lowest BCUT2D eigenvalue weighted by Gasteiger charge is -2.10. The number of anilines is 3. The van der Waals surface area contributed by atoms with Crippen LogP contribution in [0.15, 0.2) is 67.0 Å². The molecular weight excluding hydrogens is 394 g/mol. The Bertz CT molecular complexity index is 1150. The lowest BCUT2D eigenvalue weighted by Crippen LogP contribution is -2.29. The van der Waals surface area contributed by atoms with E-state index in [1.165, 1.54) is 11.0 Å². The summed E-state index contributed by atoms with van der Waals surface area (Å²) >= 11 is 0. The Kier molecular flexibility index (Phi) is 6.08. The number of rotatable bonds is 8. The van der Waals surface area contributed by atoms with Gasteiger partial charge in [-0.3, -0.25) is 4.79 Å². The molecule has 1 aromatic carbocycles. The third-order valence-corrected chi connectivity index (χ3v) is 4.19. The van der Waals surface area contributed by atoms with Crippen LogP contribution in [0.3, 0.4) is 0 Å². The predicted molar refractivity (Wildman–Crippen MR) is 116 cm³/mol. The summed E-state index contributed by atoms with van der Waals surface area (Å²) in [6, 6.07) is 16.8. The third kappa shape index (κ3) is 5.38. The van der Waals surface area contributed by atoms with E-state index in [1.807, 2.05) is 55.5 Å². The molecule has 10 nitrogen and oxygen atoms in total. The molecule has 4 aromatic rings. The Morgan fingerprint density at radius 3 is 2.58 bits per heavy atom. The normalized spacial score (nSPS) is 10.5. The number of carbonyl (C=O) groups excluding carboxylic acids is 1. The van der Waals surface area contributed by atoms with Gasteiger partial charge in [0, 0.05) is 25.4 Å². The van der Waals surface area contributed by atoms with Crippen molar-refractivity contribution in [1.82, 2.24) is 35.3 Å². The Labute approximate surface area is 178 Å². The predicted octanol–water partition coefficient (Wildman–Crippen LogP) is 2.35. The molecule has 31 heavy (non-hydrogen) atoms. The topological polar surface area (TPSA) is 123 Å². The zero-order valence-electron chi connectivity index (χ0n) is 16.9. The summed E-state index contributed by atoms with van der Waals surface area (Å²) in [6.45, 7) is 2.69. The van der Waals surface area contributed by atoms with Gasteiger partial charge in [0.25, 0.3) is 5.91 Å². The van der Waals surface area contributed by atoms with Crippen LogP contribution < -0.4 is 16.0 Å². The van der Waals surface area contributed by atoms with Gasteiger partial charge in [-0.25, -0.2) is 15.0 Å². The molecule has 0 bridgehead atoms. The third-order valence-electron chi connectivity index (χ3n) is 4.19. The van der Waals surface area contributed by atoms with Gasteiger partial charge in [-0.1, -0.05) is 24.3 Å². The average Bonchev–Trinajstić information content (AvgIpc) is 3.28. The first-order chi connectivity index (χ1) is 15.2. The molecule has 4 rings (SSSR count). The first-order valence-corrected chi connectivity index (χ1v) is 9.71. The Hall–Kier alpha value is -4.34. The second-order valence-electron chi connectivity index (χ2n) is 6.56. The molecular formula is C21H21N9O. The van der Waals surface area contributed by atoms with Crippen molar-refractivity contribution in [3.63, 3.8) is 0 Å². The SMILES string of the molecule is Cc1nc(NCCNC(=O)c2cnn(-c3ccccc3)n2)cc(Nc2ccccn2)n1. The van der Waals surface area contributed by atoms with E-state index in [1.54, 1.807) is 12.3 Å². The highest BCUT2D eigenvalue weighted by molar-refractivity contribution is 5.91. The van der Waals surface area contributed by atoms with Crippen LogP contribution in [-0.4, -0.2) is 48.9 Å². The van der Waals surface area contributed by atoms with Crippen molar-refractivity contribution in [2.45, 2.75) is 6.92 Å². The summed E-state index contributed by atoms with van der Waals surface area (Å²) in [7, 11) is 0. The highest BCUT2D eigenvalue weighted by Gasteiger charge is 2.11. The molecule has 0 radical (unpaired) electrons. The summed E-state index contributed by atoms with van der Waals surface area (Å²) < 4.78 is 0. The van der Waals surface area contributed by atoms with Gasteiger partial charge in [0.2, 0.25) is 0 Å². The number of amides is 1. The number of nitrogens with zero attached hydrogens (tertiary/aromatic N) is 6. The number of benzene rings is 1. The highest BCUT2D eigenvalue weighted by Crippen LogP contribution is 2.15. The molecule has 0 atom stereocenters. The van der Waals surface area contributed by atoms with Crippen LogP contribution in [-0.2, 0) is 0 Å². The molecule has 3 N–H and O–H groups in total. The largest absolute Gasteiger partial charge is 0.368 e. The second-order valence-corrected chi connectivity index (χ2v) is 6.56. The minimum Gasteiger partial charge on any atom is -0.368 e. The fourth-order valence-electron chi connectivity index (χ4n) is 2.80. The van der Waals surface area contributed by atoms with E-state index >= 15 is 0 Å². The van der Waals surface area contributed by atoms with Gasteiger partial charge in [0.15, 0.2) is 5.69 Å². The van der Waals surface area contributed by atoms with Gasteiger partial charge >= 0.3 is 0 Å². The van der Waals surface area contributed by atoms with E-state index in [0.717, 1.165) is 5.69 Å². The number of pyridine rings is 1. The summed E-state index contributed by atoms with van der Waals surface area (Å²) in [5, 5.41) is 17.5. The highest BCUT2D eigenvalue weighted by atomic mass is 16.2. The van der Waals surface area contributed by atoms with Gasteiger partial charge in [-0.2, -0.15) is 9.90 Å². The number of aromatic nitrogens is 6. The number of carbonyl (C=O) groups is 1. The van der Waals surface area contributed by atoms with Crippen molar-refractivity contribution in [2.24, 2.45) is 0 Å². The van der Waals surface area contributed by atoms with Crippen LogP contribution in [0, 0.1) is 6.92 Å². The minimum atomic E-state index is -0.291. The molecule has 0 saturated carbocycles. The standard InChI is InChI=1S/C21H21N9O/c1-15-26-19(13-20(27-15)28-18-9-5-6-10-22-18)23-11-12-24-21(31)17-14-25-30(29-17)16-7-3-2-4-8-16/h2-10,13-14H,11-12H2,1H3,(H,24,31)(H2,22,23,26,27,28). The Morgan fingerprint density at radius 1 is 0.968 bits per heavy atom. The summed E-state index contributed by atoms with van der Waals surface area (Å²) in [5.41, 5.74) is 1.04. The van der Waals surface area contributed by atoms with Crippen LogP contribution >= 0.6 is 0 Å². The van der Waals surface area contributed by atoms with Crippen molar-refractivity contribution < 1.29 is 4.79 Å². The van der Waals surface area contributed by atoms with E-state index in [-0.39, 0.29) is 11.6 Å². The van der Waals surface area contributed by atoms with E-state index in [0.29, 0.717) is 36.4 Å². The minimum absolute atomic E-state index is 0.253. The fraction of sp³-hybridized carbons (Fsp3) is 0.143. The molecule has 0 unspecified atom stereocenters. The van der Waals surface area contributed by atoms with Crippen molar-refractivity contribution in [3.05, 3.63) is 78.5 Å². The second kappa shape index (κ2) is 9.44. The van der Waals surface area contributed by atoms with Gasteiger partial charge in [-0.15, -0.1) is 5.10 Å². The number of aryl methyl sites for hydroxylation is 1. The Morgan fingerprint density at radius 2 is 1.77 bits per heavy atom. The lowest BCUT2D eigenvalue weighted by molar-refractivity contribution is 0.0949. The fourth-order valence-corrected chi connectivity index (χ4v) is 2.80. The maximum atomic E-state index is 12.3. The monoisotopic (exact) mass is 415 g/mol. The molecule has 10 heteroatoms. The number of hydrogen-bond acceptors (Lipinski definition) is 8. The lowest BCUT2D eigenvalue weighted by atomic mass is 10.3. The maximum absolute atomic E-state index is 12.3. The van der Waals surface area contributed by atoms with Crippen molar-refractivity contribution in [2.75, 3.05) is 23.7 Å².